The maximum absolute atomic E-state index is 12.9. The van der Waals surface area contributed by atoms with Crippen LogP contribution in [-0.4, -0.2) is 5.78 Å². The number of carbonyl (C=O) groups is 1. The highest BCUT2D eigenvalue weighted by molar-refractivity contribution is 6.11. The molecule has 0 N–H and O–H groups in total. The lowest BCUT2D eigenvalue weighted by atomic mass is 9.95. The molecule has 2 unspecified atom stereocenters. The summed E-state index contributed by atoms with van der Waals surface area (Å²) in [5.41, 5.74) is 2.20. The summed E-state index contributed by atoms with van der Waals surface area (Å²) < 4.78 is 0. The van der Waals surface area contributed by atoms with Gasteiger partial charge in [0.25, 0.3) is 0 Å². The van der Waals surface area contributed by atoms with Crippen LogP contribution in [0.4, 0.5) is 0 Å². The lowest BCUT2D eigenvalue weighted by Gasteiger charge is -2.08. The first kappa shape index (κ1) is 12.1. The molecule has 2 fully saturated rings. The number of hydrogen-bond donors (Lipinski definition) is 0. The zero-order valence-electron chi connectivity index (χ0n) is 11.9. The monoisotopic (exact) mass is 264 g/mol. The summed E-state index contributed by atoms with van der Waals surface area (Å²) in [4.78, 5) is 12.9. The van der Waals surface area contributed by atoms with Gasteiger partial charge in [0.1, 0.15) is 0 Å². The van der Waals surface area contributed by atoms with Gasteiger partial charge >= 0.3 is 0 Å². The van der Waals surface area contributed by atoms with Gasteiger partial charge < -0.3 is 0 Å². The van der Waals surface area contributed by atoms with Crippen molar-refractivity contribution in [1.82, 2.24) is 0 Å². The van der Waals surface area contributed by atoms with Crippen molar-refractivity contribution in [2.75, 3.05) is 0 Å². The standard InChI is InChI=1S/C19H20O/c1-12-10-11-17(14-7-3-2-6-13(12)14)19(20)18-15-8-4-5-9-16(15)18/h2-3,6-7,10-11,15-16,18H,4-5,8-9H2,1H3. The van der Waals surface area contributed by atoms with Gasteiger partial charge in [-0.05, 0) is 47.9 Å². The highest BCUT2D eigenvalue weighted by atomic mass is 16.1. The highest BCUT2D eigenvalue weighted by Crippen LogP contribution is 2.56. The summed E-state index contributed by atoms with van der Waals surface area (Å²) in [5, 5.41) is 2.36. The molecule has 2 aliphatic carbocycles. The van der Waals surface area contributed by atoms with Crippen molar-refractivity contribution in [3.8, 4) is 0 Å². The predicted octanol–water partition coefficient (Wildman–Crippen LogP) is 4.77. The molecular formula is C19H20O. The molecule has 102 valence electrons. The van der Waals surface area contributed by atoms with Gasteiger partial charge in [-0.1, -0.05) is 49.2 Å². The minimum atomic E-state index is 0.323. The van der Waals surface area contributed by atoms with E-state index in [2.05, 4.69) is 31.2 Å². The van der Waals surface area contributed by atoms with Crippen LogP contribution >= 0.6 is 0 Å². The maximum Gasteiger partial charge on any atom is 0.167 e. The first-order valence-electron chi connectivity index (χ1n) is 7.80. The number of benzene rings is 2. The molecule has 2 atom stereocenters. The Balaban J connectivity index is 1.76. The number of aryl methyl sites for hydroxylation is 1. The third-order valence-electron chi connectivity index (χ3n) is 5.37. The summed E-state index contributed by atoms with van der Waals surface area (Å²) in [7, 11) is 0. The third kappa shape index (κ3) is 1.72. The van der Waals surface area contributed by atoms with Crippen molar-refractivity contribution in [1.29, 1.82) is 0 Å². The molecule has 1 heteroatoms. The van der Waals surface area contributed by atoms with E-state index < -0.39 is 0 Å². The fourth-order valence-electron chi connectivity index (χ4n) is 4.23. The molecule has 20 heavy (non-hydrogen) atoms. The molecule has 2 aliphatic rings. The number of rotatable bonds is 2. The normalized spacial score (nSPS) is 28.1. The fraction of sp³-hybridized carbons (Fsp3) is 0.421. The lowest BCUT2D eigenvalue weighted by molar-refractivity contribution is 0.0958. The first-order chi connectivity index (χ1) is 9.77. The van der Waals surface area contributed by atoms with E-state index >= 15 is 0 Å². The second kappa shape index (κ2) is 4.44. The lowest BCUT2D eigenvalue weighted by Crippen LogP contribution is -2.05. The molecular weight excluding hydrogens is 244 g/mol. The smallest absolute Gasteiger partial charge is 0.167 e. The van der Waals surface area contributed by atoms with E-state index in [4.69, 9.17) is 0 Å². The Bertz CT molecular complexity index is 673. The molecule has 0 saturated heterocycles. The first-order valence-corrected chi connectivity index (χ1v) is 7.80. The van der Waals surface area contributed by atoms with Gasteiger partial charge in [-0.3, -0.25) is 4.79 Å². The van der Waals surface area contributed by atoms with Crippen molar-refractivity contribution in [2.24, 2.45) is 17.8 Å². The highest BCUT2D eigenvalue weighted by Gasteiger charge is 2.54. The zero-order valence-corrected chi connectivity index (χ0v) is 11.9. The van der Waals surface area contributed by atoms with Crippen molar-refractivity contribution in [2.45, 2.75) is 32.6 Å². The summed E-state index contributed by atoms with van der Waals surface area (Å²) in [6, 6.07) is 12.5. The maximum atomic E-state index is 12.9. The molecule has 0 amide bonds. The Morgan fingerprint density at radius 2 is 1.60 bits per heavy atom. The number of fused-ring (bicyclic) bond motifs is 2. The summed E-state index contributed by atoms with van der Waals surface area (Å²) in [5.74, 6) is 2.11. The van der Waals surface area contributed by atoms with Crippen LogP contribution in [0, 0.1) is 24.7 Å². The van der Waals surface area contributed by atoms with Crippen molar-refractivity contribution < 1.29 is 4.79 Å². The van der Waals surface area contributed by atoms with Gasteiger partial charge in [0.15, 0.2) is 5.78 Å². The Labute approximate surface area is 120 Å². The zero-order chi connectivity index (χ0) is 13.7. The second-order valence-corrected chi connectivity index (χ2v) is 6.48. The van der Waals surface area contributed by atoms with E-state index in [1.807, 2.05) is 12.1 Å². The van der Waals surface area contributed by atoms with Gasteiger partial charge in [0.05, 0.1) is 0 Å². The van der Waals surface area contributed by atoms with Gasteiger partial charge in [-0.15, -0.1) is 0 Å². The second-order valence-electron chi connectivity index (χ2n) is 6.48. The number of ketones is 1. The minimum absolute atomic E-state index is 0.323. The third-order valence-corrected chi connectivity index (χ3v) is 5.37. The molecule has 2 saturated carbocycles. The van der Waals surface area contributed by atoms with Crippen LogP contribution in [0.2, 0.25) is 0 Å². The predicted molar refractivity (Wildman–Crippen MR) is 82.0 cm³/mol. The van der Waals surface area contributed by atoms with E-state index in [0.717, 1.165) is 10.9 Å². The van der Waals surface area contributed by atoms with Gasteiger partial charge in [0.2, 0.25) is 0 Å². The molecule has 0 bridgehead atoms. The van der Waals surface area contributed by atoms with Crippen molar-refractivity contribution >= 4 is 16.6 Å². The van der Waals surface area contributed by atoms with Gasteiger partial charge in [-0.25, -0.2) is 0 Å². The van der Waals surface area contributed by atoms with E-state index in [1.165, 1.54) is 36.6 Å². The van der Waals surface area contributed by atoms with Crippen LogP contribution in [0.3, 0.4) is 0 Å². The molecule has 0 spiro atoms. The topological polar surface area (TPSA) is 17.1 Å². The number of carbonyl (C=O) groups excluding carboxylic acids is 1. The van der Waals surface area contributed by atoms with Crippen LogP contribution in [0.1, 0.15) is 41.6 Å². The minimum Gasteiger partial charge on any atom is -0.294 e. The van der Waals surface area contributed by atoms with Gasteiger partial charge in [0, 0.05) is 11.5 Å². The van der Waals surface area contributed by atoms with Crippen LogP contribution in [0.15, 0.2) is 36.4 Å². The molecule has 0 heterocycles. The summed E-state index contributed by atoms with van der Waals surface area (Å²) in [6.07, 6.45) is 5.18. The Morgan fingerprint density at radius 1 is 0.950 bits per heavy atom. The molecule has 0 aromatic heterocycles. The fourth-order valence-corrected chi connectivity index (χ4v) is 4.23. The van der Waals surface area contributed by atoms with Crippen LogP contribution in [-0.2, 0) is 0 Å². The number of hydrogen-bond acceptors (Lipinski definition) is 1. The quantitative estimate of drug-likeness (QED) is 0.714. The molecule has 0 aliphatic heterocycles. The molecule has 0 radical (unpaired) electrons. The Morgan fingerprint density at radius 3 is 2.30 bits per heavy atom. The van der Waals surface area contributed by atoms with Crippen molar-refractivity contribution in [3.05, 3.63) is 47.5 Å². The van der Waals surface area contributed by atoms with Gasteiger partial charge in [-0.2, -0.15) is 0 Å². The largest absolute Gasteiger partial charge is 0.294 e. The average molecular weight is 264 g/mol. The Hall–Kier alpha value is -1.63. The molecule has 1 nitrogen and oxygen atoms in total. The molecule has 2 aromatic rings. The SMILES string of the molecule is Cc1ccc(C(=O)C2C3CCCCC32)c2ccccc12. The van der Waals surface area contributed by atoms with Crippen LogP contribution in [0.25, 0.3) is 10.8 Å². The summed E-state index contributed by atoms with van der Waals surface area (Å²) in [6.45, 7) is 2.12. The van der Waals surface area contributed by atoms with Crippen LogP contribution < -0.4 is 0 Å². The van der Waals surface area contributed by atoms with E-state index in [9.17, 15) is 4.79 Å². The average Bonchev–Trinajstić information content (AvgIpc) is 3.22. The van der Waals surface area contributed by atoms with Crippen LogP contribution in [0.5, 0.6) is 0 Å². The molecule has 4 rings (SSSR count). The Kier molecular flexibility index (Phi) is 2.70. The van der Waals surface area contributed by atoms with E-state index in [1.54, 1.807) is 0 Å². The summed E-state index contributed by atoms with van der Waals surface area (Å²) >= 11 is 0. The number of Topliss-reactive ketones (excluding diaryl/α,β-unsaturated/α-hetero) is 1. The van der Waals surface area contributed by atoms with E-state index in [-0.39, 0.29) is 0 Å². The van der Waals surface area contributed by atoms with E-state index in [0.29, 0.717) is 23.5 Å². The molecule has 2 aromatic carbocycles. The van der Waals surface area contributed by atoms with Crippen molar-refractivity contribution in [3.63, 3.8) is 0 Å².